The Morgan fingerprint density at radius 2 is 1.71 bits per heavy atom. The van der Waals surface area contributed by atoms with Gasteiger partial charge in [0.15, 0.2) is 0 Å². The highest BCUT2D eigenvalue weighted by Crippen LogP contribution is 2.46. The van der Waals surface area contributed by atoms with Gasteiger partial charge in [0.25, 0.3) is 0 Å². The van der Waals surface area contributed by atoms with E-state index in [-0.39, 0.29) is 0 Å². The van der Waals surface area contributed by atoms with Crippen molar-refractivity contribution in [2.45, 2.75) is 51.4 Å². The van der Waals surface area contributed by atoms with Gasteiger partial charge >= 0.3 is 0 Å². The average Bonchev–Trinajstić information content (AvgIpc) is 2.18. The molecular formula is C14H20. The summed E-state index contributed by atoms with van der Waals surface area (Å²) in [4.78, 5) is 0. The molecule has 0 unspecified atom stereocenters. The summed E-state index contributed by atoms with van der Waals surface area (Å²) in [7, 11) is 0. The Bertz CT molecular complexity index is 285. The van der Waals surface area contributed by atoms with Crippen LogP contribution in [0, 0.1) is 0 Å². The minimum atomic E-state index is 0.548. The van der Waals surface area contributed by atoms with Crippen LogP contribution >= 0.6 is 0 Å². The molecule has 1 saturated carbocycles. The third kappa shape index (κ3) is 1.47. The van der Waals surface area contributed by atoms with Gasteiger partial charge in [-0.05, 0) is 42.2 Å². The lowest BCUT2D eigenvalue weighted by atomic mass is 9.63. The van der Waals surface area contributed by atoms with Crippen LogP contribution in [-0.2, 0) is 11.8 Å². The van der Waals surface area contributed by atoms with Crippen LogP contribution in [0.15, 0.2) is 24.3 Å². The van der Waals surface area contributed by atoms with Crippen LogP contribution in [0.2, 0.25) is 0 Å². The fourth-order valence-corrected chi connectivity index (χ4v) is 2.54. The smallest absolute Gasteiger partial charge is 0.00496 e. The van der Waals surface area contributed by atoms with Crippen molar-refractivity contribution in [1.29, 1.82) is 0 Å². The molecule has 0 amide bonds. The van der Waals surface area contributed by atoms with Gasteiger partial charge < -0.3 is 0 Å². The quantitative estimate of drug-likeness (QED) is 0.670. The number of hydrogen-bond donors (Lipinski definition) is 0. The van der Waals surface area contributed by atoms with E-state index in [0.717, 1.165) is 6.42 Å². The lowest BCUT2D eigenvalue weighted by Crippen LogP contribution is -2.33. The maximum absolute atomic E-state index is 2.35. The molecule has 14 heavy (non-hydrogen) atoms. The first-order valence-electron chi connectivity index (χ1n) is 5.90. The summed E-state index contributed by atoms with van der Waals surface area (Å²) in [5.74, 6) is 0. The molecule has 0 aromatic heterocycles. The van der Waals surface area contributed by atoms with Gasteiger partial charge in [-0.25, -0.2) is 0 Å². The lowest BCUT2D eigenvalue weighted by molar-refractivity contribution is 0.235. The van der Waals surface area contributed by atoms with Crippen molar-refractivity contribution >= 4 is 0 Å². The highest BCUT2D eigenvalue weighted by molar-refractivity contribution is 5.31. The van der Waals surface area contributed by atoms with Crippen LogP contribution in [0.3, 0.4) is 0 Å². The van der Waals surface area contributed by atoms with Crippen molar-refractivity contribution < 1.29 is 0 Å². The van der Waals surface area contributed by atoms with E-state index in [4.69, 9.17) is 0 Å². The zero-order chi connectivity index (χ0) is 10.0. The van der Waals surface area contributed by atoms with Crippen molar-refractivity contribution in [3.63, 3.8) is 0 Å². The van der Waals surface area contributed by atoms with Crippen molar-refractivity contribution in [3.8, 4) is 0 Å². The van der Waals surface area contributed by atoms with Crippen LogP contribution in [0.4, 0.5) is 0 Å². The molecule has 1 aliphatic carbocycles. The molecule has 76 valence electrons. The fraction of sp³-hybridized carbons (Fsp3) is 0.571. The molecule has 0 heteroatoms. The molecule has 0 saturated heterocycles. The lowest BCUT2D eigenvalue weighted by Gasteiger charge is -2.42. The first-order valence-corrected chi connectivity index (χ1v) is 5.90. The van der Waals surface area contributed by atoms with E-state index in [1.165, 1.54) is 31.2 Å². The van der Waals surface area contributed by atoms with Gasteiger partial charge in [0.2, 0.25) is 0 Å². The number of aryl methyl sites for hydroxylation is 1. The van der Waals surface area contributed by atoms with Crippen LogP contribution in [-0.4, -0.2) is 0 Å². The van der Waals surface area contributed by atoms with E-state index in [1.54, 1.807) is 5.56 Å². The molecule has 0 aliphatic heterocycles. The normalized spacial score (nSPS) is 19.0. The molecule has 0 heterocycles. The topological polar surface area (TPSA) is 0 Å². The third-order valence-corrected chi connectivity index (χ3v) is 3.96. The van der Waals surface area contributed by atoms with Gasteiger partial charge in [-0.1, -0.05) is 44.5 Å². The molecule has 0 bridgehead atoms. The van der Waals surface area contributed by atoms with Crippen LogP contribution in [0.1, 0.15) is 50.7 Å². The van der Waals surface area contributed by atoms with Crippen molar-refractivity contribution in [3.05, 3.63) is 35.4 Å². The first-order chi connectivity index (χ1) is 6.80. The molecule has 2 rings (SSSR count). The standard InChI is InChI=1S/C14H20/c1-3-12-6-8-13(9-7-12)14(4-2)10-5-11-14/h6-9H,3-5,10-11H2,1-2H3. The predicted octanol–water partition coefficient (Wildman–Crippen LogP) is 4.08. The third-order valence-electron chi connectivity index (χ3n) is 3.96. The SMILES string of the molecule is CCc1ccc(C2(CC)CCC2)cc1. The Morgan fingerprint density at radius 3 is 2.07 bits per heavy atom. The first kappa shape index (κ1) is 9.76. The molecule has 0 N–H and O–H groups in total. The summed E-state index contributed by atoms with van der Waals surface area (Å²) in [6, 6.07) is 9.29. The molecule has 1 aromatic carbocycles. The summed E-state index contributed by atoms with van der Waals surface area (Å²) < 4.78 is 0. The van der Waals surface area contributed by atoms with Gasteiger partial charge in [-0.2, -0.15) is 0 Å². The zero-order valence-corrected chi connectivity index (χ0v) is 9.34. The second kappa shape index (κ2) is 3.76. The van der Waals surface area contributed by atoms with Crippen molar-refractivity contribution in [2.75, 3.05) is 0 Å². The minimum absolute atomic E-state index is 0.548. The molecule has 0 atom stereocenters. The van der Waals surface area contributed by atoms with E-state index in [0.29, 0.717) is 5.41 Å². The second-order valence-corrected chi connectivity index (χ2v) is 4.54. The molecular weight excluding hydrogens is 168 g/mol. The Morgan fingerprint density at radius 1 is 1.07 bits per heavy atom. The number of rotatable bonds is 3. The van der Waals surface area contributed by atoms with E-state index >= 15 is 0 Å². The Kier molecular flexibility index (Phi) is 2.62. The fourth-order valence-electron chi connectivity index (χ4n) is 2.54. The molecule has 0 nitrogen and oxygen atoms in total. The largest absolute Gasteiger partial charge is 0.0645 e. The summed E-state index contributed by atoms with van der Waals surface area (Å²) in [6.07, 6.45) is 6.67. The maximum Gasteiger partial charge on any atom is -0.00496 e. The second-order valence-electron chi connectivity index (χ2n) is 4.54. The monoisotopic (exact) mass is 188 g/mol. The summed E-state index contributed by atoms with van der Waals surface area (Å²) in [5, 5.41) is 0. The van der Waals surface area contributed by atoms with E-state index in [1.807, 2.05) is 0 Å². The van der Waals surface area contributed by atoms with Crippen molar-refractivity contribution in [1.82, 2.24) is 0 Å². The van der Waals surface area contributed by atoms with Gasteiger partial charge in [0.1, 0.15) is 0 Å². The van der Waals surface area contributed by atoms with Gasteiger partial charge in [-0.3, -0.25) is 0 Å². The van der Waals surface area contributed by atoms with E-state index in [9.17, 15) is 0 Å². The molecule has 0 radical (unpaired) electrons. The maximum atomic E-state index is 2.35. The minimum Gasteiger partial charge on any atom is -0.0645 e. The van der Waals surface area contributed by atoms with Gasteiger partial charge in [-0.15, -0.1) is 0 Å². The summed E-state index contributed by atoms with van der Waals surface area (Å²) >= 11 is 0. The molecule has 0 spiro atoms. The Labute approximate surface area is 87.3 Å². The van der Waals surface area contributed by atoms with E-state index in [2.05, 4.69) is 38.1 Å². The van der Waals surface area contributed by atoms with E-state index < -0.39 is 0 Å². The summed E-state index contributed by atoms with van der Waals surface area (Å²) in [5.41, 5.74) is 3.58. The average molecular weight is 188 g/mol. The predicted molar refractivity (Wildman–Crippen MR) is 61.6 cm³/mol. The summed E-state index contributed by atoms with van der Waals surface area (Å²) in [6.45, 7) is 4.54. The zero-order valence-electron chi connectivity index (χ0n) is 9.34. The highest BCUT2D eigenvalue weighted by Gasteiger charge is 2.36. The van der Waals surface area contributed by atoms with Gasteiger partial charge in [0.05, 0.1) is 0 Å². The van der Waals surface area contributed by atoms with Crippen LogP contribution in [0.25, 0.3) is 0 Å². The molecule has 1 fully saturated rings. The van der Waals surface area contributed by atoms with Crippen LogP contribution in [0.5, 0.6) is 0 Å². The Hall–Kier alpha value is -0.780. The van der Waals surface area contributed by atoms with Gasteiger partial charge in [0, 0.05) is 0 Å². The Balaban J connectivity index is 2.23. The number of hydrogen-bond acceptors (Lipinski definition) is 0. The molecule has 1 aromatic rings. The highest BCUT2D eigenvalue weighted by atomic mass is 14.4. The van der Waals surface area contributed by atoms with Crippen molar-refractivity contribution in [2.24, 2.45) is 0 Å². The molecule has 1 aliphatic rings. The van der Waals surface area contributed by atoms with Crippen LogP contribution < -0.4 is 0 Å². The number of benzene rings is 1.